The minimum atomic E-state index is -0.935. The summed E-state index contributed by atoms with van der Waals surface area (Å²) in [5, 5.41) is 18.0. The molecule has 1 aliphatic heterocycles. The molecule has 0 spiro atoms. The van der Waals surface area contributed by atoms with Crippen LogP contribution in [0.5, 0.6) is 5.75 Å². The van der Waals surface area contributed by atoms with Crippen molar-refractivity contribution in [3.05, 3.63) is 29.8 Å². The zero-order valence-electron chi connectivity index (χ0n) is 11.9. The van der Waals surface area contributed by atoms with E-state index in [2.05, 4.69) is 11.8 Å². The van der Waals surface area contributed by atoms with Crippen LogP contribution in [0.15, 0.2) is 24.3 Å². The summed E-state index contributed by atoms with van der Waals surface area (Å²) in [6, 6.07) is 7.52. The lowest BCUT2D eigenvalue weighted by molar-refractivity contribution is -0.170. The molecule has 1 heterocycles. The SMILES string of the molecule is CCC(c1ccc(O)cc1)N1CC(C)(OCC(=O)O)C1. The number of benzene rings is 1. The summed E-state index contributed by atoms with van der Waals surface area (Å²) in [4.78, 5) is 12.8. The number of carboxylic acid groups (broad SMARTS) is 1. The Morgan fingerprint density at radius 1 is 1.40 bits per heavy atom. The van der Waals surface area contributed by atoms with Gasteiger partial charge < -0.3 is 14.9 Å². The average Bonchev–Trinajstić information content (AvgIpc) is 2.37. The molecule has 0 aliphatic carbocycles. The van der Waals surface area contributed by atoms with Crippen molar-refractivity contribution in [2.24, 2.45) is 0 Å². The Bertz CT molecular complexity index is 465. The third-order valence-electron chi connectivity index (χ3n) is 3.72. The van der Waals surface area contributed by atoms with Gasteiger partial charge in [0.05, 0.1) is 5.60 Å². The van der Waals surface area contributed by atoms with Crippen LogP contribution < -0.4 is 0 Å². The van der Waals surface area contributed by atoms with E-state index in [4.69, 9.17) is 9.84 Å². The Morgan fingerprint density at radius 3 is 2.50 bits per heavy atom. The highest BCUT2D eigenvalue weighted by Gasteiger charge is 2.43. The molecule has 0 bridgehead atoms. The Balaban J connectivity index is 1.95. The van der Waals surface area contributed by atoms with Crippen LogP contribution in [0.4, 0.5) is 0 Å². The molecule has 1 aromatic carbocycles. The first-order chi connectivity index (χ1) is 9.43. The Hall–Kier alpha value is -1.59. The van der Waals surface area contributed by atoms with E-state index in [0.717, 1.165) is 25.1 Å². The van der Waals surface area contributed by atoms with E-state index in [9.17, 15) is 9.90 Å². The highest BCUT2D eigenvalue weighted by Crippen LogP contribution is 2.35. The molecule has 0 radical (unpaired) electrons. The fraction of sp³-hybridized carbons (Fsp3) is 0.533. The van der Waals surface area contributed by atoms with E-state index in [1.54, 1.807) is 12.1 Å². The normalized spacial score (nSPS) is 19.3. The van der Waals surface area contributed by atoms with Gasteiger partial charge in [-0.05, 0) is 31.0 Å². The van der Waals surface area contributed by atoms with Crippen LogP contribution in [0, 0.1) is 0 Å². The molecular weight excluding hydrogens is 258 g/mol. The summed E-state index contributed by atoms with van der Waals surface area (Å²) in [5.41, 5.74) is 0.786. The van der Waals surface area contributed by atoms with Gasteiger partial charge in [0, 0.05) is 19.1 Å². The van der Waals surface area contributed by atoms with E-state index >= 15 is 0 Å². The quantitative estimate of drug-likeness (QED) is 0.833. The highest BCUT2D eigenvalue weighted by molar-refractivity contribution is 5.68. The predicted molar refractivity (Wildman–Crippen MR) is 74.7 cm³/mol. The largest absolute Gasteiger partial charge is 0.508 e. The maximum absolute atomic E-state index is 10.5. The lowest BCUT2D eigenvalue weighted by atomic mass is 9.90. The van der Waals surface area contributed by atoms with Crippen molar-refractivity contribution in [2.75, 3.05) is 19.7 Å². The molecule has 0 amide bonds. The predicted octanol–water partition coefficient (Wildman–Crippen LogP) is 2.02. The van der Waals surface area contributed by atoms with E-state index in [-0.39, 0.29) is 24.0 Å². The minimum Gasteiger partial charge on any atom is -0.508 e. The smallest absolute Gasteiger partial charge is 0.329 e. The fourth-order valence-corrected chi connectivity index (χ4v) is 2.76. The molecule has 1 fully saturated rings. The number of nitrogens with zero attached hydrogens (tertiary/aromatic N) is 1. The van der Waals surface area contributed by atoms with E-state index < -0.39 is 5.97 Å². The van der Waals surface area contributed by atoms with E-state index in [1.165, 1.54) is 0 Å². The molecule has 5 heteroatoms. The summed E-state index contributed by atoms with van der Waals surface area (Å²) in [7, 11) is 0. The highest BCUT2D eigenvalue weighted by atomic mass is 16.5. The first kappa shape index (κ1) is 14.8. The number of carboxylic acids is 1. The molecule has 20 heavy (non-hydrogen) atoms. The summed E-state index contributed by atoms with van der Waals surface area (Å²) < 4.78 is 5.43. The van der Waals surface area contributed by atoms with Crippen molar-refractivity contribution < 1.29 is 19.7 Å². The number of rotatable bonds is 6. The van der Waals surface area contributed by atoms with Crippen molar-refractivity contribution >= 4 is 5.97 Å². The molecular formula is C15H21NO4. The second-order valence-electron chi connectivity index (χ2n) is 5.55. The number of carbonyl (C=O) groups is 1. The second-order valence-corrected chi connectivity index (χ2v) is 5.55. The number of ether oxygens (including phenoxy) is 1. The standard InChI is InChI=1S/C15H21NO4/c1-3-13(11-4-6-12(17)7-5-11)16-9-15(2,10-16)20-8-14(18)19/h4-7,13,17H,3,8-10H2,1-2H3,(H,18,19). The Kier molecular flexibility index (Phi) is 4.30. The number of aromatic hydroxyl groups is 1. The van der Waals surface area contributed by atoms with Gasteiger partial charge in [0.2, 0.25) is 0 Å². The van der Waals surface area contributed by atoms with Gasteiger partial charge in [0.15, 0.2) is 0 Å². The van der Waals surface area contributed by atoms with Crippen molar-refractivity contribution in [1.29, 1.82) is 0 Å². The number of hydrogen-bond acceptors (Lipinski definition) is 4. The summed E-state index contributed by atoms with van der Waals surface area (Å²) >= 11 is 0. The molecule has 110 valence electrons. The Labute approximate surface area is 118 Å². The maximum atomic E-state index is 10.5. The van der Waals surface area contributed by atoms with Gasteiger partial charge in [0.25, 0.3) is 0 Å². The molecule has 1 aliphatic rings. The van der Waals surface area contributed by atoms with Crippen LogP contribution in [0.3, 0.4) is 0 Å². The summed E-state index contributed by atoms with van der Waals surface area (Å²) in [6.07, 6.45) is 0.958. The average molecular weight is 279 g/mol. The molecule has 1 saturated heterocycles. The van der Waals surface area contributed by atoms with Crippen LogP contribution in [0.2, 0.25) is 0 Å². The molecule has 5 nitrogen and oxygen atoms in total. The van der Waals surface area contributed by atoms with E-state index in [1.807, 2.05) is 19.1 Å². The molecule has 2 rings (SSSR count). The Morgan fingerprint density at radius 2 is 2.00 bits per heavy atom. The lowest BCUT2D eigenvalue weighted by Crippen LogP contribution is -2.62. The van der Waals surface area contributed by atoms with Gasteiger partial charge in [-0.3, -0.25) is 4.90 Å². The summed E-state index contributed by atoms with van der Waals surface area (Å²) in [6.45, 7) is 5.25. The molecule has 1 aromatic rings. The van der Waals surface area contributed by atoms with Crippen LogP contribution in [-0.2, 0) is 9.53 Å². The molecule has 1 atom stereocenters. The first-order valence-electron chi connectivity index (χ1n) is 6.82. The van der Waals surface area contributed by atoms with Crippen molar-refractivity contribution in [3.8, 4) is 5.75 Å². The molecule has 2 N–H and O–H groups in total. The van der Waals surface area contributed by atoms with Crippen molar-refractivity contribution in [1.82, 2.24) is 4.90 Å². The van der Waals surface area contributed by atoms with Gasteiger partial charge in [-0.1, -0.05) is 19.1 Å². The lowest BCUT2D eigenvalue weighted by Gasteiger charge is -2.50. The number of likely N-dealkylation sites (tertiary alicyclic amines) is 1. The fourth-order valence-electron chi connectivity index (χ4n) is 2.76. The van der Waals surface area contributed by atoms with E-state index in [0.29, 0.717) is 0 Å². The molecule has 0 aromatic heterocycles. The molecule has 0 saturated carbocycles. The third kappa shape index (κ3) is 3.29. The van der Waals surface area contributed by atoms with Gasteiger partial charge >= 0.3 is 5.97 Å². The zero-order chi connectivity index (χ0) is 14.8. The number of aliphatic carboxylic acids is 1. The first-order valence-corrected chi connectivity index (χ1v) is 6.82. The van der Waals surface area contributed by atoms with Crippen LogP contribution in [0.1, 0.15) is 31.9 Å². The van der Waals surface area contributed by atoms with Crippen LogP contribution >= 0.6 is 0 Å². The van der Waals surface area contributed by atoms with Gasteiger partial charge in [-0.2, -0.15) is 0 Å². The van der Waals surface area contributed by atoms with Gasteiger partial charge in [0.1, 0.15) is 12.4 Å². The monoisotopic (exact) mass is 279 g/mol. The zero-order valence-corrected chi connectivity index (χ0v) is 11.9. The van der Waals surface area contributed by atoms with Crippen molar-refractivity contribution in [3.63, 3.8) is 0 Å². The second kappa shape index (κ2) is 5.81. The van der Waals surface area contributed by atoms with Crippen molar-refractivity contribution in [2.45, 2.75) is 31.9 Å². The maximum Gasteiger partial charge on any atom is 0.329 e. The van der Waals surface area contributed by atoms with Gasteiger partial charge in [-0.25, -0.2) is 4.79 Å². The van der Waals surface area contributed by atoms with Crippen LogP contribution in [-0.4, -0.2) is 46.4 Å². The third-order valence-corrected chi connectivity index (χ3v) is 3.72. The topological polar surface area (TPSA) is 70.0 Å². The molecule has 1 unspecified atom stereocenters. The number of hydrogen-bond donors (Lipinski definition) is 2. The minimum absolute atomic E-state index is 0.250. The van der Waals surface area contributed by atoms with Crippen LogP contribution in [0.25, 0.3) is 0 Å². The summed E-state index contributed by atoms with van der Waals surface area (Å²) in [5.74, 6) is -0.669. The number of phenols is 1. The number of phenolic OH excluding ortho intramolecular Hbond substituents is 1. The van der Waals surface area contributed by atoms with Gasteiger partial charge in [-0.15, -0.1) is 0 Å².